The largest absolute Gasteiger partial charge is 0.393 e. The molecule has 0 heterocycles. The normalized spacial score (nSPS) is 23.6. The van der Waals surface area contributed by atoms with Gasteiger partial charge in [-0.1, -0.05) is 36.8 Å². The van der Waals surface area contributed by atoms with Gasteiger partial charge in [-0.2, -0.15) is 0 Å². The molecule has 1 saturated carbocycles. The molecule has 0 aliphatic heterocycles. The lowest BCUT2D eigenvalue weighted by molar-refractivity contribution is -0.122. The Morgan fingerprint density at radius 2 is 1.86 bits per heavy atom. The van der Waals surface area contributed by atoms with Crippen molar-refractivity contribution in [1.82, 2.24) is 5.32 Å². The number of aliphatic hydroxyl groups is 1. The zero-order valence-corrected chi connectivity index (χ0v) is 13.1. The molecule has 2 N–H and O–H groups in total. The molecule has 0 saturated heterocycles. The quantitative estimate of drug-likeness (QED) is 0.874. The number of carbonyl (C=O) groups is 1. The van der Waals surface area contributed by atoms with Gasteiger partial charge in [-0.25, -0.2) is 0 Å². The van der Waals surface area contributed by atoms with Crippen LogP contribution in [0.3, 0.4) is 0 Å². The Morgan fingerprint density at radius 1 is 1.24 bits per heavy atom. The van der Waals surface area contributed by atoms with E-state index in [0.29, 0.717) is 12.3 Å². The van der Waals surface area contributed by atoms with E-state index in [4.69, 9.17) is 0 Å². The smallest absolute Gasteiger partial charge is 0.220 e. The molecule has 1 atom stereocenters. The molecule has 3 nitrogen and oxygen atoms in total. The lowest BCUT2D eigenvalue weighted by Gasteiger charge is -2.27. The summed E-state index contributed by atoms with van der Waals surface area (Å²) in [6, 6.07) is 8.73. The molecule has 1 unspecified atom stereocenters. The predicted molar refractivity (Wildman–Crippen MR) is 85.2 cm³/mol. The Labute approximate surface area is 127 Å². The number of rotatable bonds is 5. The maximum atomic E-state index is 12.2. The third-order valence-corrected chi connectivity index (χ3v) is 4.54. The van der Waals surface area contributed by atoms with Crippen LogP contribution >= 0.6 is 0 Å². The van der Waals surface area contributed by atoms with Crippen molar-refractivity contribution in [2.24, 2.45) is 0 Å². The van der Waals surface area contributed by atoms with Gasteiger partial charge >= 0.3 is 0 Å². The first-order valence-electron chi connectivity index (χ1n) is 8.12. The second-order valence-corrected chi connectivity index (χ2v) is 6.29. The second-order valence-electron chi connectivity index (χ2n) is 6.29. The third-order valence-electron chi connectivity index (χ3n) is 4.54. The number of benzene rings is 1. The summed E-state index contributed by atoms with van der Waals surface area (Å²) in [7, 11) is 0. The molecule has 0 radical (unpaired) electrons. The van der Waals surface area contributed by atoms with Gasteiger partial charge in [0.15, 0.2) is 0 Å². The first kappa shape index (κ1) is 16.0. The van der Waals surface area contributed by atoms with E-state index in [1.165, 1.54) is 11.1 Å². The fourth-order valence-corrected chi connectivity index (χ4v) is 3.07. The summed E-state index contributed by atoms with van der Waals surface area (Å²) in [5.41, 5.74) is 2.50. The minimum absolute atomic E-state index is 0.142. The first-order valence-corrected chi connectivity index (χ1v) is 8.12. The van der Waals surface area contributed by atoms with Crippen molar-refractivity contribution in [3.8, 4) is 0 Å². The number of nitrogens with one attached hydrogen (secondary N) is 1. The van der Waals surface area contributed by atoms with Crippen LogP contribution in [-0.4, -0.2) is 23.2 Å². The van der Waals surface area contributed by atoms with E-state index in [-0.39, 0.29) is 18.1 Å². The molecule has 0 bridgehead atoms. The first-order chi connectivity index (χ1) is 10.1. The van der Waals surface area contributed by atoms with E-state index in [9.17, 15) is 9.90 Å². The fraction of sp³-hybridized carbons (Fsp3) is 0.611. The van der Waals surface area contributed by atoms with Gasteiger partial charge in [0.05, 0.1) is 6.10 Å². The van der Waals surface area contributed by atoms with Gasteiger partial charge in [0.1, 0.15) is 0 Å². The zero-order chi connectivity index (χ0) is 15.2. The number of amides is 1. The van der Waals surface area contributed by atoms with E-state index in [0.717, 1.165) is 32.1 Å². The molecule has 2 rings (SSSR count). The van der Waals surface area contributed by atoms with E-state index in [1.807, 2.05) is 0 Å². The van der Waals surface area contributed by atoms with Gasteiger partial charge in [0, 0.05) is 12.5 Å². The number of carbonyl (C=O) groups excluding carboxylic acids is 1. The highest BCUT2D eigenvalue weighted by molar-refractivity contribution is 5.77. The molecule has 0 spiro atoms. The summed E-state index contributed by atoms with van der Waals surface area (Å²) in [6.07, 6.45) is 4.76. The molecule has 0 aromatic heterocycles. The van der Waals surface area contributed by atoms with Crippen molar-refractivity contribution in [2.75, 3.05) is 0 Å². The Bertz CT molecular complexity index is 447. The van der Waals surface area contributed by atoms with Gasteiger partial charge in [-0.15, -0.1) is 0 Å². The van der Waals surface area contributed by atoms with Crippen molar-refractivity contribution in [2.45, 2.75) is 70.4 Å². The summed E-state index contributed by atoms with van der Waals surface area (Å²) in [4.78, 5) is 12.2. The van der Waals surface area contributed by atoms with Crippen LogP contribution in [0.1, 0.15) is 62.5 Å². The van der Waals surface area contributed by atoms with E-state index in [2.05, 4.69) is 43.4 Å². The number of hydrogen-bond acceptors (Lipinski definition) is 2. The molecule has 1 aromatic rings. The van der Waals surface area contributed by atoms with Crippen LogP contribution in [0, 0.1) is 6.92 Å². The van der Waals surface area contributed by atoms with Gasteiger partial charge in [-0.3, -0.25) is 4.79 Å². The SMILES string of the molecule is CCC(CC(=O)NC1CCC(O)CC1)c1ccc(C)cc1. The molecule has 1 aromatic carbocycles. The number of hydrogen-bond donors (Lipinski definition) is 2. The lowest BCUT2D eigenvalue weighted by atomic mass is 9.90. The monoisotopic (exact) mass is 289 g/mol. The molecular weight excluding hydrogens is 262 g/mol. The van der Waals surface area contributed by atoms with Crippen molar-refractivity contribution in [1.29, 1.82) is 0 Å². The van der Waals surface area contributed by atoms with E-state index in [1.54, 1.807) is 0 Å². The molecule has 3 heteroatoms. The number of aliphatic hydroxyl groups excluding tert-OH is 1. The highest BCUT2D eigenvalue weighted by Crippen LogP contribution is 2.24. The van der Waals surface area contributed by atoms with Crippen molar-refractivity contribution < 1.29 is 9.90 Å². The minimum Gasteiger partial charge on any atom is -0.393 e. The average Bonchev–Trinajstić information content (AvgIpc) is 2.48. The van der Waals surface area contributed by atoms with Gasteiger partial charge < -0.3 is 10.4 Å². The molecule has 1 aliphatic rings. The molecular formula is C18H27NO2. The standard InChI is InChI=1S/C18H27NO2/c1-3-14(15-6-4-13(2)5-7-15)12-18(21)19-16-8-10-17(20)11-9-16/h4-7,14,16-17,20H,3,8-12H2,1-2H3,(H,19,21). The van der Waals surface area contributed by atoms with Crippen LogP contribution in [0.5, 0.6) is 0 Å². The summed E-state index contributed by atoms with van der Waals surface area (Å²) in [6.45, 7) is 4.21. The van der Waals surface area contributed by atoms with E-state index < -0.39 is 0 Å². The van der Waals surface area contributed by atoms with E-state index >= 15 is 0 Å². The van der Waals surface area contributed by atoms with Gasteiger partial charge in [0.25, 0.3) is 0 Å². The summed E-state index contributed by atoms with van der Waals surface area (Å²) >= 11 is 0. The van der Waals surface area contributed by atoms with Crippen LogP contribution in [-0.2, 0) is 4.79 Å². The van der Waals surface area contributed by atoms with Crippen molar-refractivity contribution in [3.05, 3.63) is 35.4 Å². The second kappa shape index (κ2) is 7.60. The Kier molecular flexibility index (Phi) is 5.80. The molecule has 1 amide bonds. The summed E-state index contributed by atoms with van der Waals surface area (Å²) in [5, 5.41) is 12.6. The van der Waals surface area contributed by atoms with Crippen LogP contribution < -0.4 is 5.32 Å². The van der Waals surface area contributed by atoms with Crippen molar-refractivity contribution in [3.63, 3.8) is 0 Å². The maximum Gasteiger partial charge on any atom is 0.220 e. The highest BCUT2D eigenvalue weighted by Gasteiger charge is 2.22. The zero-order valence-electron chi connectivity index (χ0n) is 13.1. The molecule has 1 fully saturated rings. The Balaban J connectivity index is 1.86. The summed E-state index contributed by atoms with van der Waals surface area (Å²) < 4.78 is 0. The molecule has 1 aliphatic carbocycles. The maximum absolute atomic E-state index is 12.2. The Morgan fingerprint density at radius 3 is 2.43 bits per heavy atom. The predicted octanol–water partition coefficient (Wildman–Crippen LogP) is 3.30. The fourth-order valence-electron chi connectivity index (χ4n) is 3.07. The molecule has 116 valence electrons. The van der Waals surface area contributed by atoms with Gasteiger partial charge in [0.2, 0.25) is 5.91 Å². The highest BCUT2D eigenvalue weighted by atomic mass is 16.3. The summed E-state index contributed by atoms with van der Waals surface area (Å²) in [5.74, 6) is 0.434. The van der Waals surface area contributed by atoms with Crippen molar-refractivity contribution >= 4 is 5.91 Å². The topological polar surface area (TPSA) is 49.3 Å². The minimum atomic E-state index is -0.172. The van der Waals surface area contributed by atoms with Crippen LogP contribution in [0.15, 0.2) is 24.3 Å². The molecule has 21 heavy (non-hydrogen) atoms. The van der Waals surface area contributed by atoms with Crippen LogP contribution in [0.2, 0.25) is 0 Å². The van der Waals surface area contributed by atoms with Crippen LogP contribution in [0.25, 0.3) is 0 Å². The third kappa shape index (κ3) is 4.85. The van der Waals surface area contributed by atoms with Crippen LogP contribution in [0.4, 0.5) is 0 Å². The van der Waals surface area contributed by atoms with Gasteiger partial charge in [-0.05, 0) is 50.5 Å². The Hall–Kier alpha value is -1.35. The number of aryl methyl sites for hydroxylation is 1. The average molecular weight is 289 g/mol. The lowest BCUT2D eigenvalue weighted by Crippen LogP contribution is -2.39.